The Bertz CT molecular complexity index is 1060. The number of rotatable bonds is 10. The first-order chi connectivity index (χ1) is 15.0. The Balaban J connectivity index is 1.92. The Morgan fingerprint density at radius 2 is 1.66 bits per heavy atom. The van der Waals surface area contributed by atoms with Gasteiger partial charge in [0.2, 0.25) is 15.9 Å². The van der Waals surface area contributed by atoms with E-state index in [-0.39, 0.29) is 29.5 Å². The lowest BCUT2D eigenvalue weighted by atomic mass is 10.1. The Morgan fingerprint density at radius 3 is 2.22 bits per heavy atom. The number of carbonyl (C=O) groups excluding carboxylic acids is 2. The molecule has 10 heteroatoms. The van der Waals surface area contributed by atoms with Crippen molar-refractivity contribution >= 4 is 21.8 Å². The third-order valence-electron chi connectivity index (χ3n) is 4.74. The average Bonchev–Trinajstić information content (AvgIpc) is 2.76. The molecule has 0 aliphatic heterocycles. The van der Waals surface area contributed by atoms with Gasteiger partial charge in [-0.1, -0.05) is 19.9 Å². The molecule has 2 aromatic rings. The number of aryl methyl sites for hydroxylation is 1. The van der Waals surface area contributed by atoms with Crippen molar-refractivity contribution < 1.29 is 27.1 Å². The molecule has 32 heavy (non-hydrogen) atoms. The molecular formula is C22H28FN3O5S. The molecule has 0 unspecified atom stereocenters. The van der Waals surface area contributed by atoms with Crippen molar-refractivity contribution in [2.45, 2.75) is 31.7 Å². The summed E-state index contributed by atoms with van der Waals surface area (Å²) in [6.45, 7) is 5.20. The van der Waals surface area contributed by atoms with Gasteiger partial charge in [0.05, 0.1) is 12.0 Å². The van der Waals surface area contributed by atoms with Gasteiger partial charge in [0.25, 0.3) is 5.91 Å². The molecule has 2 rings (SSSR count). The fraction of sp³-hybridized carbons (Fsp3) is 0.364. The minimum absolute atomic E-state index is 0.00865. The summed E-state index contributed by atoms with van der Waals surface area (Å²) >= 11 is 0. The number of methoxy groups -OCH3 is 1. The van der Waals surface area contributed by atoms with Crippen LogP contribution in [0.5, 0.6) is 5.75 Å². The minimum Gasteiger partial charge on any atom is -0.497 e. The fourth-order valence-electron chi connectivity index (χ4n) is 2.79. The zero-order valence-corrected chi connectivity index (χ0v) is 19.3. The lowest BCUT2D eigenvalue weighted by Crippen LogP contribution is -2.50. The van der Waals surface area contributed by atoms with E-state index in [9.17, 15) is 22.4 Å². The number of sulfonamides is 1. The maximum absolute atomic E-state index is 13.6. The highest BCUT2D eigenvalue weighted by atomic mass is 32.2. The maximum atomic E-state index is 13.6. The number of nitrogens with one attached hydrogen (secondary N) is 3. The first-order valence-electron chi connectivity index (χ1n) is 10.0. The van der Waals surface area contributed by atoms with Crippen molar-refractivity contribution in [3.05, 3.63) is 59.4 Å². The van der Waals surface area contributed by atoms with Crippen molar-refractivity contribution in [3.8, 4) is 5.75 Å². The molecule has 0 spiro atoms. The Hall–Kier alpha value is -2.98. The summed E-state index contributed by atoms with van der Waals surface area (Å²) in [6, 6.07) is 8.96. The largest absolute Gasteiger partial charge is 0.497 e. The van der Waals surface area contributed by atoms with Crippen molar-refractivity contribution in [3.63, 3.8) is 0 Å². The highest BCUT2D eigenvalue weighted by Crippen LogP contribution is 2.17. The molecule has 0 heterocycles. The van der Waals surface area contributed by atoms with Gasteiger partial charge in [-0.15, -0.1) is 0 Å². The van der Waals surface area contributed by atoms with Gasteiger partial charge >= 0.3 is 0 Å². The van der Waals surface area contributed by atoms with Crippen LogP contribution in [0.1, 0.15) is 29.8 Å². The second kappa shape index (κ2) is 11.1. The second-order valence-corrected chi connectivity index (χ2v) is 9.24. The summed E-state index contributed by atoms with van der Waals surface area (Å²) in [7, 11) is -2.46. The van der Waals surface area contributed by atoms with Crippen LogP contribution in [0.25, 0.3) is 0 Å². The molecule has 2 aromatic carbocycles. The van der Waals surface area contributed by atoms with E-state index in [1.165, 1.54) is 43.5 Å². The lowest BCUT2D eigenvalue weighted by Gasteiger charge is -2.21. The van der Waals surface area contributed by atoms with Crippen LogP contribution in [0.2, 0.25) is 0 Å². The Labute approximate surface area is 187 Å². The standard InChI is InChI=1S/C22H28FN3O5S/c1-14(2)20(26-32(29,30)18-9-7-17(31-4)8-10-18)22(28)25-12-11-24-21(27)16-6-5-15(3)19(23)13-16/h5-10,13-14,20,26H,11-12H2,1-4H3,(H,24,27)(H,25,28)/t20-/m0/s1. The van der Waals surface area contributed by atoms with Crippen LogP contribution >= 0.6 is 0 Å². The van der Waals surface area contributed by atoms with Crippen molar-refractivity contribution in [2.75, 3.05) is 20.2 Å². The van der Waals surface area contributed by atoms with Gasteiger partial charge in [0.15, 0.2) is 0 Å². The van der Waals surface area contributed by atoms with Crippen LogP contribution in [-0.2, 0) is 14.8 Å². The number of carbonyl (C=O) groups is 2. The Morgan fingerprint density at radius 1 is 1.03 bits per heavy atom. The van der Waals surface area contributed by atoms with Crippen LogP contribution in [0.4, 0.5) is 4.39 Å². The van der Waals surface area contributed by atoms with Crippen LogP contribution in [0.3, 0.4) is 0 Å². The molecule has 0 fully saturated rings. The third kappa shape index (κ3) is 6.76. The van der Waals surface area contributed by atoms with E-state index in [0.717, 1.165) is 6.07 Å². The van der Waals surface area contributed by atoms with Gasteiger partial charge in [0.1, 0.15) is 17.6 Å². The monoisotopic (exact) mass is 465 g/mol. The molecule has 2 amide bonds. The van der Waals surface area contributed by atoms with Crippen LogP contribution < -0.4 is 20.1 Å². The van der Waals surface area contributed by atoms with Crippen molar-refractivity contribution in [2.24, 2.45) is 5.92 Å². The number of benzene rings is 2. The highest BCUT2D eigenvalue weighted by Gasteiger charge is 2.28. The quantitative estimate of drug-likeness (QED) is 0.465. The van der Waals surface area contributed by atoms with Gasteiger partial charge in [-0.3, -0.25) is 9.59 Å². The highest BCUT2D eigenvalue weighted by molar-refractivity contribution is 7.89. The van der Waals surface area contributed by atoms with Crippen LogP contribution in [-0.4, -0.2) is 46.5 Å². The second-order valence-electron chi connectivity index (χ2n) is 7.53. The number of hydrogen-bond donors (Lipinski definition) is 3. The van der Waals surface area contributed by atoms with E-state index in [1.54, 1.807) is 20.8 Å². The van der Waals surface area contributed by atoms with Gasteiger partial charge in [0, 0.05) is 18.7 Å². The topological polar surface area (TPSA) is 114 Å². The minimum atomic E-state index is -3.93. The molecule has 0 saturated heterocycles. The molecule has 1 atom stereocenters. The lowest BCUT2D eigenvalue weighted by molar-refractivity contribution is -0.123. The summed E-state index contributed by atoms with van der Waals surface area (Å²) in [4.78, 5) is 24.7. The van der Waals surface area contributed by atoms with Gasteiger partial charge in [-0.2, -0.15) is 4.72 Å². The van der Waals surface area contributed by atoms with E-state index < -0.39 is 33.7 Å². The average molecular weight is 466 g/mol. The Kier molecular flexibility index (Phi) is 8.73. The predicted octanol–water partition coefficient (Wildman–Crippen LogP) is 1.99. The van der Waals surface area contributed by atoms with Crippen molar-refractivity contribution in [1.82, 2.24) is 15.4 Å². The molecule has 0 saturated carbocycles. The molecule has 3 N–H and O–H groups in total. The zero-order valence-electron chi connectivity index (χ0n) is 18.4. The van der Waals surface area contributed by atoms with Crippen LogP contribution in [0, 0.1) is 18.7 Å². The zero-order chi connectivity index (χ0) is 23.9. The first-order valence-corrected chi connectivity index (χ1v) is 11.5. The van der Waals surface area contributed by atoms with Gasteiger partial charge in [-0.05, 0) is 54.8 Å². The van der Waals surface area contributed by atoms with E-state index in [1.807, 2.05) is 0 Å². The summed E-state index contributed by atoms with van der Waals surface area (Å²) in [5.74, 6) is -1.29. The molecule has 0 bridgehead atoms. The summed E-state index contributed by atoms with van der Waals surface area (Å²) in [5, 5.41) is 5.19. The number of ether oxygens (including phenoxy) is 1. The maximum Gasteiger partial charge on any atom is 0.251 e. The smallest absolute Gasteiger partial charge is 0.251 e. The number of halogens is 1. The number of hydrogen-bond acceptors (Lipinski definition) is 5. The number of amides is 2. The molecule has 0 aromatic heterocycles. The van der Waals surface area contributed by atoms with E-state index >= 15 is 0 Å². The van der Waals surface area contributed by atoms with Crippen molar-refractivity contribution in [1.29, 1.82) is 0 Å². The fourth-order valence-corrected chi connectivity index (χ4v) is 4.13. The third-order valence-corrected chi connectivity index (χ3v) is 6.20. The van der Waals surface area contributed by atoms with E-state index in [2.05, 4.69) is 15.4 Å². The molecular weight excluding hydrogens is 437 g/mol. The van der Waals surface area contributed by atoms with E-state index in [4.69, 9.17) is 4.74 Å². The first kappa shape index (κ1) is 25.3. The molecule has 0 radical (unpaired) electrons. The summed E-state index contributed by atoms with van der Waals surface area (Å²) in [6.07, 6.45) is 0. The molecule has 0 aliphatic carbocycles. The molecule has 0 aliphatic rings. The normalized spacial score (nSPS) is 12.3. The van der Waals surface area contributed by atoms with Gasteiger partial charge in [-0.25, -0.2) is 12.8 Å². The predicted molar refractivity (Wildman–Crippen MR) is 118 cm³/mol. The van der Waals surface area contributed by atoms with E-state index in [0.29, 0.717) is 11.3 Å². The summed E-state index contributed by atoms with van der Waals surface area (Å²) in [5.41, 5.74) is 0.609. The molecule has 174 valence electrons. The van der Waals surface area contributed by atoms with Gasteiger partial charge < -0.3 is 15.4 Å². The SMILES string of the molecule is COc1ccc(S(=O)(=O)N[C@H](C(=O)NCCNC(=O)c2ccc(C)c(F)c2)C(C)C)cc1. The summed E-state index contributed by atoms with van der Waals surface area (Å²) < 4.78 is 46.4. The molecule has 8 nitrogen and oxygen atoms in total. The van der Waals surface area contributed by atoms with Crippen LogP contribution in [0.15, 0.2) is 47.4 Å².